The second-order valence-electron chi connectivity index (χ2n) is 7.54. The van der Waals surface area contributed by atoms with E-state index in [1.807, 2.05) is 50.2 Å². The molecule has 1 saturated heterocycles. The van der Waals surface area contributed by atoms with Gasteiger partial charge in [-0.15, -0.1) is 24.0 Å². The smallest absolute Gasteiger partial charge is 0.251 e. The summed E-state index contributed by atoms with van der Waals surface area (Å²) in [6.07, 6.45) is 3.66. The summed E-state index contributed by atoms with van der Waals surface area (Å²) in [5, 5.41) is 10.4. The highest BCUT2D eigenvalue weighted by Gasteiger charge is 2.25. The maximum absolute atomic E-state index is 12.2. The molecule has 2 aromatic rings. The van der Waals surface area contributed by atoms with Crippen molar-refractivity contribution in [3.63, 3.8) is 0 Å². The van der Waals surface area contributed by atoms with Crippen LogP contribution < -0.4 is 20.9 Å². The van der Waals surface area contributed by atoms with Crippen LogP contribution in [0.1, 0.15) is 42.6 Å². The molecule has 0 bridgehead atoms. The Bertz CT molecular complexity index is 910. The number of benzene rings is 1. The summed E-state index contributed by atoms with van der Waals surface area (Å²) in [4.78, 5) is 23.5. The summed E-state index contributed by atoms with van der Waals surface area (Å²) >= 11 is 6.30. The van der Waals surface area contributed by atoms with Crippen LogP contribution >= 0.6 is 35.6 Å². The molecule has 9 heteroatoms. The fourth-order valence-corrected chi connectivity index (χ4v) is 3.76. The number of carbonyl (C=O) groups is 1. The Labute approximate surface area is 212 Å². The van der Waals surface area contributed by atoms with Crippen molar-refractivity contribution in [1.82, 2.24) is 20.9 Å². The van der Waals surface area contributed by atoms with E-state index in [1.54, 1.807) is 6.20 Å². The summed E-state index contributed by atoms with van der Waals surface area (Å²) in [5.41, 5.74) is 1.66. The van der Waals surface area contributed by atoms with Crippen LogP contribution in [0.2, 0.25) is 5.02 Å². The van der Waals surface area contributed by atoms with E-state index < -0.39 is 0 Å². The molecular weight excluding hydrogens is 539 g/mol. The first-order valence-corrected chi connectivity index (χ1v) is 11.3. The van der Waals surface area contributed by atoms with Gasteiger partial charge in [-0.25, -0.2) is 9.98 Å². The van der Waals surface area contributed by atoms with Gasteiger partial charge in [-0.05, 0) is 49.6 Å². The van der Waals surface area contributed by atoms with E-state index in [0.29, 0.717) is 23.7 Å². The first-order chi connectivity index (χ1) is 15.1. The van der Waals surface area contributed by atoms with Crippen LogP contribution in [0.5, 0.6) is 0 Å². The molecule has 1 aromatic heterocycles. The summed E-state index contributed by atoms with van der Waals surface area (Å²) in [5.74, 6) is 1.55. The van der Waals surface area contributed by atoms with Gasteiger partial charge in [0, 0.05) is 44.0 Å². The van der Waals surface area contributed by atoms with E-state index in [1.165, 1.54) is 0 Å². The Morgan fingerprint density at radius 3 is 2.84 bits per heavy atom. The Morgan fingerprint density at radius 1 is 1.25 bits per heavy atom. The third-order valence-electron chi connectivity index (χ3n) is 5.06. The number of aliphatic imine (C=N–C) groups is 1. The molecule has 1 aliphatic heterocycles. The zero-order valence-corrected chi connectivity index (χ0v) is 21.7. The summed E-state index contributed by atoms with van der Waals surface area (Å²) in [6, 6.07) is 11.6. The molecule has 1 aromatic carbocycles. The van der Waals surface area contributed by atoms with Crippen molar-refractivity contribution in [1.29, 1.82) is 0 Å². The lowest BCUT2D eigenvalue weighted by atomic mass is 10.1. The van der Waals surface area contributed by atoms with Crippen molar-refractivity contribution in [2.75, 3.05) is 31.1 Å². The molecule has 1 atom stereocenters. The highest BCUT2D eigenvalue weighted by molar-refractivity contribution is 14.0. The first-order valence-electron chi connectivity index (χ1n) is 10.9. The van der Waals surface area contributed by atoms with Gasteiger partial charge in [0.25, 0.3) is 5.91 Å². The average Bonchev–Trinajstić information content (AvgIpc) is 3.24. The van der Waals surface area contributed by atoms with Crippen LogP contribution in [0, 0.1) is 0 Å². The van der Waals surface area contributed by atoms with Crippen molar-refractivity contribution < 1.29 is 4.79 Å². The van der Waals surface area contributed by atoms with E-state index in [4.69, 9.17) is 16.6 Å². The topological polar surface area (TPSA) is 81.6 Å². The van der Waals surface area contributed by atoms with E-state index in [-0.39, 0.29) is 35.9 Å². The molecule has 32 heavy (non-hydrogen) atoms. The summed E-state index contributed by atoms with van der Waals surface area (Å²) in [7, 11) is 0. The van der Waals surface area contributed by atoms with Gasteiger partial charge in [-0.2, -0.15) is 0 Å². The minimum Gasteiger partial charge on any atom is -0.357 e. The minimum absolute atomic E-state index is 0. The molecule has 0 spiro atoms. The monoisotopic (exact) mass is 570 g/mol. The van der Waals surface area contributed by atoms with Crippen LogP contribution in [0.4, 0.5) is 5.82 Å². The SMILES string of the molecule is CCCNC(=O)c1cccc(CN=C(NCC)NC2CCN(c3ncccc3Cl)C2)c1.I. The molecule has 0 saturated carbocycles. The average molecular weight is 571 g/mol. The number of amides is 1. The highest BCUT2D eigenvalue weighted by Crippen LogP contribution is 2.25. The van der Waals surface area contributed by atoms with Crippen LogP contribution in [-0.4, -0.2) is 49.1 Å². The molecular formula is C23H32ClIN6O. The van der Waals surface area contributed by atoms with Crippen LogP contribution in [0.3, 0.4) is 0 Å². The number of nitrogens with zero attached hydrogens (tertiary/aromatic N) is 3. The largest absolute Gasteiger partial charge is 0.357 e. The van der Waals surface area contributed by atoms with Gasteiger partial charge < -0.3 is 20.9 Å². The van der Waals surface area contributed by atoms with Crippen LogP contribution in [-0.2, 0) is 6.54 Å². The normalized spacial score (nSPS) is 15.8. The van der Waals surface area contributed by atoms with Crippen LogP contribution in [0.25, 0.3) is 0 Å². The van der Waals surface area contributed by atoms with Crippen molar-refractivity contribution in [3.05, 3.63) is 58.7 Å². The number of halogens is 2. The molecule has 1 fully saturated rings. The standard InChI is InChI=1S/C23H31ClN6O.HI/c1-3-11-27-22(31)18-8-5-7-17(14-18)15-28-23(25-4-2)29-19-10-13-30(16-19)21-20(24)9-6-12-26-21;/h5-9,12,14,19H,3-4,10-11,13,15-16H2,1-2H3,(H,27,31)(H2,25,28,29);1H. The number of rotatable bonds is 8. The van der Waals surface area contributed by atoms with Crippen LogP contribution in [0.15, 0.2) is 47.6 Å². The molecule has 1 unspecified atom stereocenters. The van der Waals surface area contributed by atoms with Gasteiger partial charge in [-0.1, -0.05) is 30.7 Å². The molecule has 0 aliphatic carbocycles. The summed E-state index contributed by atoms with van der Waals surface area (Å²) in [6.45, 7) is 7.73. The highest BCUT2D eigenvalue weighted by atomic mass is 127. The maximum atomic E-state index is 12.2. The number of guanidine groups is 1. The number of anilines is 1. The molecule has 7 nitrogen and oxygen atoms in total. The Balaban J connectivity index is 0.00000363. The number of nitrogens with one attached hydrogen (secondary N) is 3. The van der Waals surface area contributed by atoms with Gasteiger partial charge >= 0.3 is 0 Å². The van der Waals surface area contributed by atoms with E-state index >= 15 is 0 Å². The quantitative estimate of drug-likeness (QED) is 0.255. The number of pyridine rings is 1. The molecule has 0 radical (unpaired) electrons. The van der Waals surface area contributed by atoms with E-state index in [2.05, 4.69) is 25.8 Å². The fourth-order valence-electron chi connectivity index (χ4n) is 3.52. The van der Waals surface area contributed by atoms with Gasteiger partial charge in [-0.3, -0.25) is 4.79 Å². The van der Waals surface area contributed by atoms with Crippen molar-refractivity contribution in [3.8, 4) is 0 Å². The number of hydrogen-bond donors (Lipinski definition) is 3. The lowest BCUT2D eigenvalue weighted by Crippen LogP contribution is -2.44. The van der Waals surface area contributed by atoms with Gasteiger partial charge in [0.1, 0.15) is 5.82 Å². The predicted octanol–water partition coefficient (Wildman–Crippen LogP) is 3.83. The molecule has 1 amide bonds. The Morgan fingerprint density at radius 2 is 2.09 bits per heavy atom. The Hall–Kier alpha value is -2.07. The third-order valence-corrected chi connectivity index (χ3v) is 5.35. The zero-order valence-electron chi connectivity index (χ0n) is 18.6. The van der Waals surface area contributed by atoms with E-state index in [0.717, 1.165) is 49.8 Å². The van der Waals surface area contributed by atoms with Gasteiger partial charge in [0.15, 0.2) is 5.96 Å². The maximum Gasteiger partial charge on any atom is 0.251 e. The van der Waals surface area contributed by atoms with Crippen molar-refractivity contribution in [2.45, 2.75) is 39.3 Å². The van der Waals surface area contributed by atoms with E-state index in [9.17, 15) is 4.79 Å². The Kier molecular flexibility index (Phi) is 11.0. The lowest BCUT2D eigenvalue weighted by Gasteiger charge is -2.20. The van der Waals surface area contributed by atoms with Crippen molar-refractivity contribution in [2.24, 2.45) is 4.99 Å². The van der Waals surface area contributed by atoms with Gasteiger partial charge in [0.05, 0.1) is 11.6 Å². The second kappa shape index (κ2) is 13.5. The molecule has 3 N–H and O–H groups in total. The minimum atomic E-state index is -0.0445. The second-order valence-corrected chi connectivity index (χ2v) is 7.94. The lowest BCUT2D eigenvalue weighted by molar-refractivity contribution is 0.0953. The number of aromatic nitrogens is 1. The number of carbonyl (C=O) groups excluding carboxylic acids is 1. The third kappa shape index (κ3) is 7.51. The van der Waals surface area contributed by atoms with Crippen molar-refractivity contribution >= 4 is 53.3 Å². The molecule has 3 rings (SSSR count). The fraction of sp³-hybridized carbons (Fsp3) is 0.435. The molecule has 1 aliphatic rings. The van der Waals surface area contributed by atoms with Gasteiger partial charge in [0.2, 0.25) is 0 Å². The first kappa shape index (κ1) is 26.2. The number of hydrogen-bond acceptors (Lipinski definition) is 4. The predicted molar refractivity (Wildman–Crippen MR) is 142 cm³/mol. The summed E-state index contributed by atoms with van der Waals surface area (Å²) < 4.78 is 0. The molecule has 2 heterocycles. The zero-order chi connectivity index (χ0) is 22.1. The molecule has 174 valence electrons.